The second-order valence-corrected chi connectivity index (χ2v) is 13.8. The Morgan fingerprint density at radius 2 is 0.725 bits per heavy atom. The molecular weight excluding hydrogens is 687 g/mol. The van der Waals surface area contributed by atoms with Crippen molar-refractivity contribution in [1.82, 2.24) is 7.96 Å². The number of nitrogens with zero attached hydrogens (tertiary/aromatic N) is 2. The van der Waals surface area contributed by atoms with E-state index in [-0.39, 0.29) is 15.0 Å². The molecule has 1 heterocycles. The molecule has 0 saturated heterocycles. The topological polar surface area (TPSA) is 77.8 Å². The van der Waals surface area contributed by atoms with Crippen LogP contribution in [0.3, 0.4) is 0 Å². The molecule has 0 unspecified atom stereocenters. The summed E-state index contributed by atoms with van der Waals surface area (Å²) in [4.78, 5) is 0. The van der Waals surface area contributed by atoms with Crippen molar-refractivity contribution in [3.05, 3.63) is 170 Å². The zero-order valence-electron chi connectivity index (χ0n) is 27.6. The predicted octanol–water partition coefficient (Wildman–Crippen LogP) is 11.0. The molecule has 9 rings (SSSR count). The number of rotatable bonds is 6. The number of para-hydroxylation sites is 1. The third-order valence-corrected chi connectivity index (χ3v) is 10.8. The van der Waals surface area contributed by atoms with E-state index in [0.717, 1.165) is 99.9 Å². The van der Waals surface area contributed by atoms with Gasteiger partial charge in [0.15, 0.2) is 0 Å². The van der Waals surface area contributed by atoms with Crippen LogP contribution >= 0.6 is 0 Å². The molecule has 0 fully saturated rings. The fourth-order valence-corrected chi connectivity index (χ4v) is 8.49. The van der Waals surface area contributed by atoms with Gasteiger partial charge < -0.3 is 0 Å². The van der Waals surface area contributed by atoms with Crippen LogP contribution < -0.4 is 11.5 Å². The Hall–Kier alpha value is -6.26. The summed E-state index contributed by atoms with van der Waals surface area (Å²) in [7, 11) is 0. The molecular formula is C46H32N4Se. The van der Waals surface area contributed by atoms with Gasteiger partial charge in [-0.2, -0.15) is 0 Å². The molecule has 0 bridgehead atoms. The molecule has 0 aliphatic heterocycles. The number of benzene rings is 8. The van der Waals surface area contributed by atoms with Gasteiger partial charge in [-0.25, -0.2) is 0 Å². The fraction of sp³-hybridized carbons (Fsp3) is 0. The van der Waals surface area contributed by atoms with Gasteiger partial charge in [0.05, 0.1) is 0 Å². The minimum atomic E-state index is -0.270. The van der Waals surface area contributed by atoms with Crippen molar-refractivity contribution in [2.45, 2.75) is 0 Å². The molecule has 1 aromatic heterocycles. The van der Waals surface area contributed by atoms with E-state index in [4.69, 9.17) is 19.4 Å². The number of anilines is 2. The average Bonchev–Trinajstić information content (AvgIpc) is 3.67. The normalized spacial score (nSPS) is 11.3. The molecule has 0 radical (unpaired) electrons. The minimum absolute atomic E-state index is 0.270. The summed E-state index contributed by atoms with van der Waals surface area (Å²) in [5.74, 6) is 0. The molecule has 0 saturated carbocycles. The summed E-state index contributed by atoms with van der Waals surface area (Å²) in [5, 5.41) is 2.26. The number of nitrogens with two attached hydrogens (primary N) is 2. The second kappa shape index (κ2) is 12.9. The molecule has 0 aliphatic carbocycles. The summed E-state index contributed by atoms with van der Waals surface area (Å²) >= 11 is -0.270. The van der Waals surface area contributed by atoms with Crippen LogP contribution in [0.5, 0.6) is 0 Å². The van der Waals surface area contributed by atoms with Crippen LogP contribution in [0.1, 0.15) is 0 Å². The van der Waals surface area contributed by atoms with E-state index in [1.165, 1.54) is 0 Å². The number of hydrogen-bond acceptors (Lipinski definition) is 4. The van der Waals surface area contributed by atoms with Crippen molar-refractivity contribution in [3.63, 3.8) is 0 Å². The van der Waals surface area contributed by atoms with Crippen molar-refractivity contribution in [3.8, 4) is 66.8 Å². The Bertz CT molecular complexity index is 2640. The van der Waals surface area contributed by atoms with Crippen molar-refractivity contribution in [2.24, 2.45) is 0 Å². The molecule has 9 aromatic rings. The fourth-order valence-electron chi connectivity index (χ4n) is 7.31. The van der Waals surface area contributed by atoms with Crippen LogP contribution in [0, 0.1) is 0 Å². The van der Waals surface area contributed by atoms with E-state index in [2.05, 4.69) is 140 Å². The molecule has 5 heteroatoms. The number of aromatic nitrogens is 2. The quantitative estimate of drug-likeness (QED) is 0.132. The van der Waals surface area contributed by atoms with Gasteiger partial charge in [-0.15, -0.1) is 0 Å². The van der Waals surface area contributed by atoms with E-state index in [0.29, 0.717) is 0 Å². The van der Waals surface area contributed by atoms with E-state index < -0.39 is 0 Å². The van der Waals surface area contributed by atoms with E-state index in [1.807, 2.05) is 30.3 Å². The Balaban J connectivity index is 1.27. The number of hydrogen-bond donors (Lipinski definition) is 2. The molecule has 8 aromatic carbocycles. The number of nitrogen functional groups attached to an aromatic ring is 2. The first kappa shape index (κ1) is 30.8. The zero-order valence-corrected chi connectivity index (χ0v) is 29.3. The van der Waals surface area contributed by atoms with Crippen LogP contribution in [0.4, 0.5) is 11.4 Å². The summed E-state index contributed by atoms with van der Waals surface area (Å²) < 4.78 is 10.2. The second-order valence-electron chi connectivity index (χ2n) is 12.7. The molecule has 4 N–H and O–H groups in total. The maximum atomic E-state index is 6.99. The first-order valence-corrected chi connectivity index (χ1v) is 18.5. The zero-order chi connectivity index (χ0) is 34.3. The third-order valence-electron chi connectivity index (χ3n) is 9.72. The van der Waals surface area contributed by atoms with Crippen molar-refractivity contribution < 1.29 is 0 Å². The van der Waals surface area contributed by atoms with Gasteiger partial charge in [-0.1, -0.05) is 6.07 Å². The van der Waals surface area contributed by atoms with Gasteiger partial charge in [-0.3, -0.25) is 0 Å². The van der Waals surface area contributed by atoms with Crippen molar-refractivity contribution in [2.75, 3.05) is 11.5 Å². The van der Waals surface area contributed by atoms with Gasteiger partial charge in [0.25, 0.3) is 0 Å². The molecule has 51 heavy (non-hydrogen) atoms. The predicted molar refractivity (Wildman–Crippen MR) is 215 cm³/mol. The standard InChI is InChI=1S/C46H32N4Se/c47-43-35(29-14-4-1-5-15-29)24-13-25-36(43)32-20-12-21-33(26-32)41-37-22-10-11-23-38(37)42(46-45(41)49-51-50-46)34-27-39(30-16-6-2-7-17-30)44(48)40(28-34)31-18-8-3-9-19-31/h1-28H,47-48H2. The summed E-state index contributed by atoms with van der Waals surface area (Å²) in [6.07, 6.45) is 0. The average molecular weight is 720 g/mol. The van der Waals surface area contributed by atoms with Gasteiger partial charge in [-0.05, 0) is 0 Å². The maximum absolute atomic E-state index is 6.99. The Morgan fingerprint density at radius 1 is 0.333 bits per heavy atom. The van der Waals surface area contributed by atoms with E-state index in [1.54, 1.807) is 0 Å². The van der Waals surface area contributed by atoms with Crippen molar-refractivity contribution in [1.29, 1.82) is 0 Å². The van der Waals surface area contributed by atoms with E-state index in [9.17, 15) is 0 Å². The third kappa shape index (κ3) is 5.40. The first-order chi connectivity index (χ1) is 25.2. The van der Waals surface area contributed by atoms with Crippen LogP contribution in [0.2, 0.25) is 0 Å². The Labute approximate surface area is 302 Å². The number of fused-ring (bicyclic) bond motifs is 2. The van der Waals surface area contributed by atoms with E-state index >= 15 is 0 Å². The molecule has 4 nitrogen and oxygen atoms in total. The van der Waals surface area contributed by atoms with Gasteiger partial charge in [0.1, 0.15) is 0 Å². The molecule has 0 amide bonds. The van der Waals surface area contributed by atoms with Crippen molar-refractivity contribution >= 4 is 48.1 Å². The van der Waals surface area contributed by atoms with Crippen LogP contribution in [0.25, 0.3) is 88.6 Å². The summed E-state index contributed by atoms with van der Waals surface area (Å²) in [5.41, 5.74) is 29.9. The monoisotopic (exact) mass is 720 g/mol. The summed E-state index contributed by atoms with van der Waals surface area (Å²) in [6.45, 7) is 0. The molecule has 0 spiro atoms. The SMILES string of the molecule is Nc1c(-c2ccccc2)cccc1-c1cccc(-c2c3ccccc3c(-c3cc(-c4ccccc4)c(N)c(-c4ccccc4)c3)c3n[se]nc23)c1. The molecule has 0 atom stereocenters. The summed E-state index contributed by atoms with van der Waals surface area (Å²) in [6, 6.07) is 59.1. The Morgan fingerprint density at radius 3 is 1.27 bits per heavy atom. The van der Waals surface area contributed by atoms with Crippen LogP contribution in [-0.4, -0.2) is 22.9 Å². The van der Waals surface area contributed by atoms with Crippen LogP contribution in [-0.2, 0) is 0 Å². The molecule has 242 valence electrons. The molecule has 0 aliphatic rings. The Kier molecular flexibility index (Phi) is 7.78. The van der Waals surface area contributed by atoms with Crippen LogP contribution in [0.15, 0.2) is 170 Å². The first-order valence-electron chi connectivity index (χ1n) is 16.9. The van der Waals surface area contributed by atoms with Gasteiger partial charge >= 0.3 is 298 Å². The van der Waals surface area contributed by atoms with Gasteiger partial charge in [0.2, 0.25) is 0 Å². The van der Waals surface area contributed by atoms with Gasteiger partial charge in [0, 0.05) is 0 Å².